The van der Waals surface area contributed by atoms with Gasteiger partial charge < -0.3 is 5.32 Å². The summed E-state index contributed by atoms with van der Waals surface area (Å²) in [6.45, 7) is 1.82. The van der Waals surface area contributed by atoms with Gasteiger partial charge in [-0.15, -0.1) is 11.3 Å². The van der Waals surface area contributed by atoms with Crippen molar-refractivity contribution in [2.75, 3.05) is 6.26 Å². The van der Waals surface area contributed by atoms with Gasteiger partial charge in [0, 0.05) is 11.6 Å². The van der Waals surface area contributed by atoms with E-state index >= 15 is 0 Å². The highest BCUT2D eigenvalue weighted by atomic mass is 32.2. The third-order valence-electron chi connectivity index (χ3n) is 3.51. The molecule has 1 amide bonds. The third-order valence-corrected chi connectivity index (χ3v) is 5.49. The molecule has 0 unspecified atom stereocenters. The Balaban J connectivity index is 1.70. The van der Waals surface area contributed by atoms with E-state index in [4.69, 9.17) is 0 Å². The zero-order valence-corrected chi connectivity index (χ0v) is 15.1. The Bertz CT molecular complexity index is 979. The molecule has 3 aromatic rings. The molecule has 130 valence electrons. The van der Waals surface area contributed by atoms with Gasteiger partial charge in [0.2, 0.25) is 0 Å². The van der Waals surface area contributed by atoms with Gasteiger partial charge in [-0.1, -0.05) is 12.1 Å². The molecule has 2 heterocycles. The van der Waals surface area contributed by atoms with E-state index in [1.165, 1.54) is 29.8 Å². The maximum Gasteiger partial charge on any atom is 0.271 e. The number of carbonyl (C=O) groups excluding carboxylic acids is 1. The van der Waals surface area contributed by atoms with E-state index in [9.17, 15) is 13.2 Å². The van der Waals surface area contributed by atoms with Crippen molar-refractivity contribution in [3.8, 4) is 10.8 Å². The minimum absolute atomic E-state index is 0.242. The molecule has 2 N–H and O–H groups in total. The molecular weight excluding hydrogens is 362 g/mol. The van der Waals surface area contributed by atoms with E-state index in [-0.39, 0.29) is 22.5 Å². The highest BCUT2D eigenvalue weighted by Crippen LogP contribution is 2.21. The van der Waals surface area contributed by atoms with Gasteiger partial charge in [-0.05, 0) is 24.6 Å². The van der Waals surface area contributed by atoms with Gasteiger partial charge in [0.15, 0.2) is 20.7 Å². The van der Waals surface area contributed by atoms with Crippen LogP contribution in [0.3, 0.4) is 0 Å². The molecule has 2 aromatic heterocycles. The predicted octanol–water partition coefficient (Wildman–Crippen LogP) is 1.82. The van der Waals surface area contributed by atoms with Crippen molar-refractivity contribution in [1.82, 2.24) is 25.5 Å². The van der Waals surface area contributed by atoms with E-state index in [1.54, 1.807) is 17.5 Å². The van der Waals surface area contributed by atoms with Crippen LogP contribution in [-0.2, 0) is 9.84 Å². The molecule has 0 fully saturated rings. The van der Waals surface area contributed by atoms with Crippen molar-refractivity contribution in [1.29, 1.82) is 0 Å². The average Bonchev–Trinajstić information content (AvgIpc) is 3.25. The molecule has 25 heavy (non-hydrogen) atoms. The molecule has 0 aliphatic carbocycles. The molecule has 0 radical (unpaired) electrons. The first-order valence-electron chi connectivity index (χ1n) is 7.27. The number of aromatic nitrogens is 4. The number of nitrogens with zero attached hydrogens (tertiary/aromatic N) is 3. The number of rotatable bonds is 5. The summed E-state index contributed by atoms with van der Waals surface area (Å²) in [7, 11) is -3.24. The smallest absolute Gasteiger partial charge is 0.271 e. The summed E-state index contributed by atoms with van der Waals surface area (Å²) < 4.78 is 23.0. The lowest BCUT2D eigenvalue weighted by atomic mass is 10.1. The number of sulfone groups is 1. The average molecular weight is 377 g/mol. The Morgan fingerprint density at radius 1 is 1.28 bits per heavy atom. The standard InChI is InChI=1S/C15H15N5O3S2/c1-9(10-3-5-11(6-4-10)25(2,22)23)18-14(21)12-7-24-15(19-12)13-16-8-17-20-13/h3-9H,1-2H3,(H,18,21)(H,16,17,20)/t9-/m0/s1. The Kier molecular flexibility index (Phi) is 4.64. The summed E-state index contributed by atoms with van der Waals surface area (Å²) in [6, 6.07) is 6.12. The lowest BCUT2D eigenvalue weighted by molar-refractivity contribution is 0.0935. The Hall–Kier alpha value is -2.59. The topological polar surface area (TPSA) is 118 Å². The first-order valence-corrected chi connectivity index (χ1v) is 10.0. The predicted molar refractivity (Wildman–Crippen MR) is 92.9 cm³/mol. The second-order valence-electron chi connectivity index (χ2n) is 5.41. The van der Waals surface area contributed by atoms with Crippen LogP contribution in [0.5, 0.6) is 0 Å². The van der Waals surface area contributed by atoms with E-state index in [1.807, 2.05) is 6.92 Å². The third kappa shape index (κ3) is 3.91. The number of thiazole rings is 1. The van der Waals surface area contributed by atoms with Crippen molar-refractivity contribution in [3.63, 3.8) is 0 Å². The van der Waals surface area contributed by atoms with Gasteiger partial charge in [0.05, 0.1) is 10.9 Å². The van der Waals surface area contributed by atoms with Crippen molar-refractivity contribution < 1.29 is 13.2 Å². The van der Waals surface area contributed by atoms with E-state index in [2.05, 4.69) is 25.5 Å². The number of benzene rings is 1. The van der Waals surface area contributed by atoms with Crippen LogP contribution in [-0.4, -0.2) is 40.7 Å². The lowest BCUT2D eigenvalue weighted by Gasteiger charge is -2.13. The van der Waals surface area contributed by atoms with Gasteiger partial charge in [-0.2, -0.15) is 5.10 Å². The fourth-order valence-corrected chi connectivity index (χ4v) is 3.53. The molecule has 0 aliphatic rings. The van der Waals surface area contributed by atoms with Crippen LogP contribution < -0.4 is 5.32 Å². The normalized spacial score (nSPS) is 12.7. The summed E-state index contributed by atoms with van der Waals surface area (Å²) in [4.78, 5) is 20.8. The van der Waals surface area contributed by atoms with Crippen molar-refractivity contribution in [2.45, 2.75) is 17.9 Å². The zero-order valence-electron chi connectivity index (χ0n) is 13.4. The van der Waals surface area contributed by atoms with E-state index < -0.39 is 9.84 Å². The van der Waals surface area contributed by atoms with Crippen LogP contribution in [0.4, 0.5) is 0 Å². The fraction of sp³-hybridized carbons (Fsp3) is 0.200. The molecular formula is C15H15N5O3S2. The summed E-state index contributed by atoms with van der Waals surface area (Å²) in [5.41, 5.74) is 1.09. The number of hydrogen-bond acceptors (Lipinski definition) is 7. The molecule has 10 heteroatoms. The summed E-state index contributed by atoms with van der Waals surface area (Å²) >= 11 is 1.29. The maximum atomic E-state index is 12.3. The molecule has 3 rings (SSSR count). The Morgan fingerprint density at radius 3 is 2.60 bits per heavy atom. The van der Waals surface area contributed by atoms with Gasteiger partial charge in [0.1, 0.15) is 12.0 Å². The van der Waals surface area contributed by atoms with E-state index in [0.717, 1.165) is 11.8 Å². The maximum absolute atomic E-state index is 12.3. The number of hydrogen-bond donors (Lipinski definition) is 2. The van der Waals surface area contributed by atoms with Crippen LogP contribution in [0.25, 0.3) is 10.8 Å². The molecule has 0 aliphatic heterocycles. The molecule has 8 nitrogen and oxygen atoms in total. The lowest BCUT2D eigenvalue weighted by Crippen LogP contribution is -2.26. The van der Waals surface area contributed by atoms with Gasteiger partial charge in [0.25, 0.3) is 5.91 Å². The molecule has 0 bridgehead atoms. The molecule has 0 saturated heterocycles. The van der Waals surface area contributed by atoms with Crippen molar-refractivity contribution >= 4 is 27.1 Å². The van der Waals surface area contributed by atoms with Crippen molar-refractivity contribution in [2.24, 2.45) is 0 Å². The molecule has 1 atom stereocenters. The molecule has 0 spiro atoms. The van der Waals surface area contributed by atoms with Gasteiger partial charge in [-0.3, -0.25) is 9.89 Å². The minimum atomic E-state index is -3.24. The summed E-state index contributed by atoms with van der Waals surface area (Å²) in [6.07, 6.45) is 2.53. The first kappa shape index (κ1) is 17.2. The van der Waals surface area contributed by atoms with Crippen LogP contribution >= 0.6 is 11.3 Å². The number of carbonyl (C=O) groups is 1. The first-order chi connectivity index (χ1) is 11.8. The Labute approximate surface area is 148 Å². The van der Waals surface area contributed by atoms with Crippen LogP contribution in [0.2, 0.25) is 0 Å². The Morgan fingerprint density at radius 2 is 2.00 bits per heavy atom. The van der Waals surface area contributed by atoms with Crippen LogP contribution in [0.15, 0.2) is 40.9 Å². The number of H-pyrrole nitrogens is 1. The SMILES string of the molecule is C[C@H](NC(=O)c1csc(-c2ncn[nH]2)n1)c1ccc(S(C)(=O)=O)cc1. The van der Waals surface area contributed by atoms with Gasteiger partial charge >= 0.3 is 0 Å². The molecule has 0 saturated carbocycles. The second kappa shape index (κ2) is 6.73. The fourth-order valence-electron chi connectivity index (χ4n) is 2.15. The van der Waals surface area contributed by atoms with Crippen molar-refractivity contribution in [3.05, 3.63) is 47.2 Å². The number of aromatic amines is 1. The van der Waals surface area contributed by atoms with E-state index in [0.29, 0.717) is 10.8 Å². The highest BCUT2D eigenvalue weighted by molar-refractivity contribution is 7.90. The zero-order chi connectivity index (χ0) is 18.0. The quantitative estimate of drug-likeness (QED) is 0.700. The highest BCUT2D eigenvalue weighted by Gasteiger charge is 2.16. The minimum Gasteiger partial charge on any atom is -0.344 e. The monoisotopic (exact) mass is 377 g/mol. The summed E-state index contributed by atoms with van der Waals surface area (Å²) in [5, 5.41) is 11.5. The van der Waals surface area contributed by atoms with Crippen LogP contribution in [0.1, 0.15) is 29.0 Å². The van der Waals surface area contributed by atoms with Gasteiger partial charge in [-0.25, -0.2) is 18.4 Å². The number of nitrogens with one attached hydrogen (secondary N) is 2. The largest absolute Gasteiger partial charge is 0.344 e. The number of amides is 1. The summed E-state index contributed by atoms with van der Waals surface area (Å²) in [5.74, 6) is 0.190. The second-order valence-corrected chi connectivity index (χ2v) is 8.28. The molecule has 1 aromatic carbocycles. The van der Waals surface area contributed by atoms with Crippen LogP contribution in [0, 0.1) is 0 Å².